The predicted octanol–water partition coefficient (Wildman–Crippen LogP) is 1.80. The van der Waals surface area contributed by atoms with Crippen LogP contribution >= 0.6 is 11.8 Å². The van der Waals surface area contributed by atoms with E-state index in [4.69, 9.17) is 0 Å². The minimum absolute atomic E-state index is 0.780. The molecule has 5 heteroatoms. The molecule has 2 fully saturated rings. The molecular weight excluding hydrogens is 256 g/mol. The average molecular weight is 278 g/mol. The molecule has 2 aliphatic heterocycles. The first kappa shape index (κ1) is 13.2. The molecule has 0 saturated carbocycles. The number of aryl methyl sites for hydroxylation is 1. The predicted molar refractivity (Wildman–Crippen MR) is 80.9 cm³/mol. The van der Waals surface area contributed by atoms with Crippen LogP contribution in [0.5, 0.6) is 0 Å². The smallest absolute Gasteiger partial charge is 0.225 e. The van der Waals surface area contributed by atoms with Gasteiger partial charge in [0, 0.05) is 56.1 Å². The van der Waals surface area contributed by atoms with Crippen LogP contribution in [0.2, 0.25) is 0 Å². The molecule has 0 unspecified atom stereocenters. The Morgan fingerprint density at radius 3 is 2.32 bits per heavy atom. The molecule has 2 saturated heterocycles. The molecule has 4 nitrogen and oxygen atoms in total. The molecule has 104 valence electrons. The first-order valence-electron chi connectivity index (χ1n) is 7.18. The van der Waals surface area contributed by atoms with Crippen LogP contribution in [-0.4, -0.2) is 58.6 Å². The van der Waals surface area contributed by atoms with Gasteiger partial charge in [0.25, 0.3) is 0 Å². The Bertz CT molecular complexity index is 394. The molecule has 3 heterocycles. The van der Waals surface area contributed by atoms with Crippen molar-refractivity contribution in [1.82, 2.24) is 14.9 Å². The molecule has 0 aliphatic carbocycles. The fourth-order valence-corrected chi connectivity index (χ4v) is 3.85. The molecule has 1 aromatic heterocycles. The molecule has 0 amide bonds. The van der Waals surface area contributed by atoms with Crippen LogP contribution in [0.25, 0.3) is 0 Å². The molecule has 0 radical (unpaired) electrons. The SMILES string of the molecule is Cc1cnc(N2CCC(N3CCSCC3)CC2)nc1. The van der Waals surface area contributed by atoms with E-state index in [2.05, 4.69) is 31.5 Å². The van der Waals surface area contributed by atoms with Gasteiger partial charge in [0.15, 0.2) is 0 Å². The lowest BCUT2D eigenvalue weighted by Gasteiger charge is -2.40. The lowest BCUT2D eigenvalue weighted by molar-refractivity contribution is 0.185. The highest BCUT2D eigenvalue weighted by Crippen LogP contribution is 2.22. The second-order valence-electron chi connectivity index (χ2n) is 5.43. The highest BCUT2D eigenvalue weighted by atomic mass is 32.2. The monoisotopic (exact) mass is 278 g/mol. The number of nitrogens with zero attached hydrogens (tertiary/aromatic N) is 4. The zero-order chi connectivity index (χ0) is 13.1. The van der Waals surface area contributed by atoms with E-state index in [1.54, 1.807) is 0 Å². The third kappa shape index (κ3) is 3.20. The van der Waals surface area contributed by atoms with E-state index in [1.165, 1.54) is 37.4 Å². The Balaban J connectivity index is 1.55. The van der Waals surface area contributed by atoms with Crippen LogP contribution in [0.1, 0.15) is 18.4 Å². The number of rotatable bonds is 2. The summed E-state index contributed by atoms with van der Waals surface area (Å²) >= 11 is 2.09. The van der Waals surface area contributed by atoms with Crippen molar-refractivity contribution < 1.29 is 0 Å². The third-order valence-corrected chi connectivity index (χ3v) is 5.02. The zero-order valence-electron chi connectivity index (χ0n) is 11.6. The van der Waals surface area contributed by atoms with E-state index in [1.807, 2.05) is 19.3 Å². The van der Waals surface area contributed by atoms with Crippen LogP contribution in [0.3, 0.4) is 0 Å². The van der Waals surface area contributed by atoms with Gasteiger partial charge in [-0.25, -0.2) is 9.97 Å². The quantitative estimate of drug-likeness (QED) is 0.824. The van der Waals surface area contributed by atoms with Crippen molar-refractivity contribution in [2.45, 2.75) is 25.8 Å². The molecule has 0 aromatic carbocycles. The van der Waals surface area contributed by atoms with Gasteiger partial charge in [-0.1, -0.05) is 0 Å². The summed E-state index contributed by atoms with van der Waals surface area (Å²) in [6, 6.07) is 0.780. The summed E-state index contributed by atoms with van der Waals surface area (Å²) in [6.45, 7) is 6.77. The lowest BCUT2D eigenvalue weighted by Crippen LogP contribution is -2.48. The van der Waals surface area contributed by atoms with Crippen LogP contribution in [0, 0.1) is 6.92 Å². The summed E-state index contributed by atoms with van der Waals surface area (Å²) in [6.07, 6.45) is 6.33. The lowest BCUT2D eigenvalue weighted by atomic mass is 10.0. The number of hydrogen-bond donors (Lipinski definition) is 0. The normalized spacial score (nSPS) is 22.7. The first-order valence-corrected chi connectivity index (χ1v) is 8.34. The maximum atomic E-state index is 4.44. The van der Waals surface area contributed by atoms with Gasteiger partial charge >= 0.3 is 0 Å². The largest absolute Gasteiger partial charge is 0.341 e. The topological polar surface area (TPSA) is 32.3 Å². The van der Waals surface area contributed by atoms with Crippen molar-refractivity contribution in [3.8, 4) is 0 Å². The molecular formula is C14H22N4S. The van der Waals surface area contributed by atoms with Crippen molar-refractivity contribution in [3.05, 3.63) is 18.0 Å². The van der Waals surface area contributed by atoms with Crippen LogP contribution in [0.15, 0.2) is 12.4 Å². The Labute approximate surface area is 119 Å². The Hall–Kier alpha value is -0.810. The van der Waals surface area contributed by atoms with Crippen molar-refractivity contribution in [1.29, 1.82) is 0 Å². The first-order chi connectivity index (χ1) is 9.33. The minimum Gasteiger partial charge on any atom is -0.341 e. The number of anilines is 1. The van der Waals surface area contributed by atoms with Gasteiger partial charge in [0.1, 0.15) is 0 Å². The van der Waals surface area contributed by atoms with E-state index >= 15 is 0 Å². The van der Waals surface area contributed by atoms with Crippen LogP contribution in [-0.2, 0) is 0 Å². The number of thioether (sulfide) groups is 1. The summed E-state index contributed by atoms with van der Waals surface area (Å²) in [7, 11) is 0. The molecule has 0 bridgehead atoms. The Kier molecular flexibility index (Phi) is 4.23. The van der Waals surface area contributed by atoms with Gasteiger partial charge in [0.05, 0.1) is 0 Å². The van der Waals surface area contributed by atoms with Gasteiger partial charge in [0.2, 0.25) is 5.95 Å². The highest BCUT2D eigenvalue weighted by Gasteiger charge is 2.26. The van der Waals surface area contributed by atoms with Crippen molar-refractivity contribution >= 4 is 17.7 Å². The van der Waals surface area contributed by atoms with Gasteiger partial charge in [-0.2, -0.15) is 11.8 Å². The third-order valence-electron chi connectivity index (χ3n) is 4.08. The fraction of sp³-hybridized carbons (Fsp3) is 0.714. The second-order valence-corrected chi connectivity index (χ2v) is 6.65. The number of hydrogen-bond acceptors (Lipinski definition) is 5. The Morgan fingerprint density at radius 2 is 1.68 bits per heavy atom. The van der Waals surface area contributed by atoms with E-state index in [-0.39, 0.29) is 0 Å². The maximum Gasteiger partial charge on any atom is 0.225 e. The molecule has 3 rings (SSSR count). The van der Waals surface area contributed by atoms with Crippen LogP contribution in [0.4, 0.5) is 5.95 Å². The standard InChI is InChI=1S/C14H22N4S/c1-12-10-15-14(16-11-12)18-4-2-13(3-5-18)17-6-8-19-9-7-17/h10-11,13H,2-9H2,1H3. The van der Waals surface area contributed by atoms with E-state index < -0.39 is 0 Å². The van der Waals surface area contributed by atoms with Gasteiger partial charge in [-0.3, -0.25) is 4.90 Å². The summed E-state index contributed by atoms with van der Waals surface area (Å²) in [5, 5.41) is 0. The van der Waals surface area contributed by atoms with E-state index in [0.29, 0.717) is 0 Å². The van der Waals surface area contributed by atoms with Crippen LogP contribution < -0.4 is 4.90 Å². The summed E-state index contributed by atoms with van der Waals surface area (Å²) in [5.74, 6) is 3.51. The van der Waals surface area contributed by atoms with Gasteiger partial charge < -0.3 is 4.90 Å². The van der Waals surface area contributed by atoms with Gasteiger partial charge in [-0.15, -0.1) is 0 Å². The highest BCUT2D eigenvalue weighted by molar-refractivity contribution is 7.99. The van der Waals surface area contributed by atoms with E-state index in [0.717, 1.165) is 30.6 Å². The molecule has 0 N–H and O–H groups in total. The zero-order valence-corrected chi connectivity index (χ0v) is 12.4. The average Bonchev–Trinajstić information content (AvgIpc) is 2.49. The summed E-state index contributed by atoms with van der Waals surface area (Å²) in [5.41, 5.74) is 1.13. The van der Waals surface area contributed by atoms with Crippen molar-refractivity contribution in [2.75, 3.05) is 42.6 Å². The minimum atomic E-state index is 0.780. The summed E-state index contributed by atoms with van der Waals surface area (Å²) in [4.78, 5) is 13.9. The van der Waals surface area contributed by atoms with Crippen molar-refractivity contribution in [2.24, 2.45) is 0 Å². The number of piperidine rings is 1. The van der Waals surface area contributed by atoms with E-state index in [9.17, 15) is 0 Å². The molecule has 0 atom stereocenters. The maximum absolute atomic E-state index is 4.44. The number of aromatic nitrogens is 2. The van der Waals surface area contributed by atoms with Crippen molar-refractivity contribution in [3.63, 3.8) is 0 Å². The summed E-state index contributed by atoms with van der Waals surface area (Å²) < 4.78 is 0. The Morgan fingerprint density at radius 1 is 1.05 bits per heavy atom. The molecule has 0 spiro atoms. The molecule has 1 aromatic rings. The molecule has 2 aliphatic rings. The fourth-order valence-electron chi connectivity index (χ4n) is 2.92. The second kappa shape index (κ2) is 6.09. The molecule has 19 heavy (non-hydrogen) atoms. The van der Waals surface area contributed by atoms with Gasteiger partial charge in [-0.05, 0) is 25.3 Å².